The van der Waals surface area contributed by atoms with Gasteiger partial charge in [-0.1, -0.05) is 56.9 Å². The molecule has 4 rings (SSSR count). The third-order valence-corrected chi connectivity index (χ3v) is 6.46. The topological polar surface area (TPSA) is 12.9 Å². The molecule has 25 heavy (non-hydrogen) atoms. The maximum absolute atomic E-state index is 5.14. The minimum atomic E-state index is 0.791. The summed E-state index contributed by atoms with van der Waals surface area (Å²) in [6, 6.07) is 8.97. The summed E-state index contributed by atoms with van der Waals surface area (Å²) in [6.45, 7) is 2.29. The van der Waals surface area contributed by atoms with Crippen molar-refractivity contribution in [2.24, 2.45) is 0 Å². The highest BCUT2D eigenvalue weighted by Gasteiger charge is 2.34. The van der Waals surface area contributed by atoms with Gasteiger partial charge in [0, 0.05) is 12.0 Å². The molecule has 0 bridgehead atoms. The fourth-order valence-electron chi connectivity index (χ4n) is 4.33. The van der Waals surface area contributed by atoms with Crippen molar-refractivity contribution in [3.8, 4) is 11.1 Å². The van der Waals surface area contributed by atoms with Gasteiger partial charge in [0.2, 0.25) is 0 Å². The van der Waals surface area contributed by atoms with Crippen LogP contribution in [0.1, 0.15) is 80.2 Å². The van der Waals surface area contributed by atoms with Crippen LogP contribution in [0.3, 0.4) is 0 Å². The van der Waals surface area contributed by atoms with Crippen LogP contribution in [0.2, 0.25) is 0 Å². The second-order valence-electron chi connectivity index (χ2n) is 7.61. The van der Waals surface area contributed by atoms with Gasteiger partial charge in [0.25, 0.3) is 0 Å². The fraction of sp³-hybridized carbons (Fsp3) is 0.522. The second kappa shape index (κ2) is 7.53. The summed E-state index contributed by atoms with van der Waals surface area (Å²) in [7, 11) is 0. The molecule has 2 aliphatic carbocycles. The first-order valence-electron chi connectivity index (χ1n) is 10.0. The van der Waals surface area contributed by atoms with Gasteiger partial charge in [0.05, 0.1) is 10.7 Å². The van der Waals surface area contributed by atoms with Crippen molar-refractivity contribution in [1.82, 2.24) is 4.98 Å². The summed E-state index contributed by atoms with van der Waals surface area (Å²) >= 11 is 1.86. The molecule has 0 N–H and O–H groups in total. The van der Waals surface area contributed by atoms with Gasteiger partial charge < -0.3 is 0 Å². The molecule has 0 spiro atoms. The van der Waals surface area contributed by atoms with Gasteiger partial charge in [-0.15, -0.1) is 11.8 Å². The predicted octanol–water partition coefficient (Wildman–Crippen LogP) is 6.77. The Morgan fingerprint density at radius 2 is 1.88 bits per heavy atom. The fourth-order valence-corrected chi connectivity index (χ4v) is 4.99. The van der Waals surface area contributed by atoms with Crippen LogP contribution in [0.25, 0.3) is 11.1 Å². The quantitative estimate of drug-likeness (QED) is 0.328. The van der Waals surface area contributed by atoms with E-state index >= 15 is 0 Å². The first-order chi connectivity index (χ1) is 12.3. The van der Waals surface area contributed by atoms with Crippen LogP contribution in [0.4, 0.5) is 0 Å². The Labute approximate surface area is 156 Å². The van der Waals surface area contributed by atoms with Crippen molar-refractivity contribution in [3.05, 3.63) is 46.6 Å². The Balaban J connectivity index is 1.71. The maximum atomic E-state index is 5.14. The molecular weight excluding hydrogens is 322 g/mol. The van der Waals surface area contributed by atoms with Crippen LogP contribution in [-0.4, -0.2) is 11.2 Å². The van der Waals surface area contributed by atoms with Crippen LogP contribution in [-0.2, 0) is 12.8 Å². The molecule has 0 amide bonds. The van der Waals surface area contributed by atoms with Crippen molar-refractivity contribution in [1.29, 1.82) is 0 Å². The minimum Gasteiger partial charge on any atom is -0.245 e. The zero-order chi connectivity index (χ0) is 17.2. The third-order valence-electron chi connectivity index (χ3n) is 5.73. The van der Waals surface area contributed by atoms with Gasteiger partial charge in [-0.05, 0) is 60.1 Å². The summed E-state index contributed by atoms with van der Waals surface area (Å²) in [6.07, 6.45) is 13.9. The molecule has 1 aromatic carbocycles. The van der Waals surface area contributed by atoms with Crippen LogP contribution >= 0.6 is 11.8 Å². The van der Waals surface area contributed by atoms with Crippen molar-refractivity contribution in [2.45, 2.75) is 75.7 Å². The van der Waals surface area contributed by atoms with E-state index in [0.717, 1.165) is 12.3 Å². The summed E-state index contributed by atoms with van der Waals surface area (Å²) < 4.78 is 0. The summed E-state index contributed by atoms with van der Waals surface area (Å²) in [4.78, 5) is 5.14. The average Bonchev–Trinajstić information content (AvgIpc) is 3.41. The van der Waals surface area contributed by atoms with Gasteiger partial charge in [0.15, 0.2) is 0 Å². The van der Waals surface area contributed by atoms with E-state index in [1.54, 1.807) is 11.1 Å². The van der Waals surface area contributed by atoms with E-state index in [1.807, 2.05) is 11.8 Å². The monoisotopic (exact) mass is 351 g/mol. The van der Waals surface area contributed by atoms with Crippen molar-refractivity contribution < 1.29 is 0 Å². The SMILES string of the molecule is CCCCCCCc1c(SC)nc2c(c1C1CC1)-c1ccccc1C2. The number of nitrogens with zero attached hydrogens (tertiary/aromatic N) is 1. The lowest BCUT2D eigenvalue weighted by Crippen LogP contribution is -2.04. The number of hydrogen-bond acceptors (Lipinski definition) is 2. The number of benzene rings is 1. The van der Waals surface area contributed by atoms with Crippen molar-refractivity contribution >= 4 is 11.8 Å². The van der Waals surface area contributed by atoms with Crippen LogP contribution < -0.4 is 0 Å². The summed E-state index contributed by atoms with van der Waals surface area (Å²) in [5, 5.41) is 1.31. The molecule has 1 aromatic heterocycles. The van der Waals surface area contributed by atoms with Gasteiger partial charge in [-0.25, -0.2) is 4.98 Å². The first kappa shape index (κ1) is 17.1. The number of rotatable bonds is 8. The van der Waals surface area contributed by atoms with Gasteiger partial charge >= 0.3 is 0 Å². The highest BCUT2D eigenvalue weighted by molar-refractivity contribution is 7.98. The molecule has 1 heterocycles. The van der Waals surface area contributed by atoms with Crippen molar-refractivity contribution in [3.63, 3.8) is 0 Å². The van der Waals surface area contributed by atoms with Crippen molar-refractivity contribution in [2.75, 3.05) is 6.26 Å². The molecular formula is C23H29NS. The van der Waals surface area contributed by atoms with E-state index in [2.05, 4.69) is 37.4 Å². The molecule has 2 aromatic rings. The number of pyridine rings is 1. The van der Waals surface area contributed by atoms with Gasteiger partial charge in [0.1, 0.15) is 0 Å². The third kappa shape index (κ3) is 3.38. The number of aromatic nitrogens is 1. The maximum Gasteiger partial charge on any atom is 0.0995 e. The molecule has 1 fully saturated rings. The number of unbranched alkanes of at least 4 members (excludes halogenated alkanes) is 4. The molecule has 2 aliphatic rings. The van der Waals surface area contributed by atoms with E-state index < -0.39 is 0 Å². The lowest BCUT2D eigenvalue weighted by Gasteiger charge is -2.18. The van der Waals surface area contributed by atoms with Crippen LogP contribution in [0.5, 0.6) is 0 Å². The highest BCUT2D eigenvalue weighted by Crippen LogP contribution is 2.51. The second-order valence-corrected chi connectivity index (χ2v) is 8.40. The standard InChI is InChI=1S/C23H29NS/c1-3-4-5-6-7-12-19-21(16-13-14-16)22-18-11-9-8-10-17(18)15-20(22)24-23(19)25-2/h8-11,16H,3-7,12-15H2,1-2H3. The van der Waals surface area contributed by atoms with E-state index in [0.29, 0.717) is 0 Å². The number of fused-ring (bicyclic) bond motifs is 3. The Hall–Kier alpha value is -1.28. The molecule has 0 saturated heterocycles. The molecule has 0 radical (unpaired) electrons. The lowest BCUT2D eigenvalue weighted by molar-refractivity contribution is 0.626. The first-order valence-corrected chi connectivity index (χ1v) is 11.2. The molecule has 132 valence electrons. The number of thioether (sulfide) groups is 1. The largest absolute Gasteiger partial charge is 0.245 e. The Morgan fingerprint density at radius 3 is 2.64 bits per heavy atom. The molecule has 0 aliphatic heterocycles. The average molecular weight is 352 g/mol. The smallest absolute Gasteiger partial charge is 0.0995 e. The summed E-state index contributed by atoms with van der Waals surface area (Å²) in [5.41, 5.74) is 9.05. The molecule has 0 unspecified atom stereocenters. The van der Waals surface area contributed by atoms with E-state index in [4.69, 9.17) is 4.98 Å². The van der Waals surface area contributed by atoms with E-state index in [-0.39, 0.29) is 0 Å². The molecule has 2 heteroatoms. The lowest BCUT2D eigenvalue weighted by atomic mass is 9.92. The molecule has 1 nitrogen and oxygen atoms in total. The van der Waals surface area contributed by atoms with E-state index in [9.17, 15) is 0 Å². The van der Waals surface area contributed by atoms with E-state index in [1.165, 1.54) is 78.8 Å². The predicted molar refractivity (Wildman–Crippen MR) is 109 cm³/mol. The molecule has 1 saturated carbocycles. The Morgan fingerprint density at radius 1 is 1.08 bits per heavy atom. The zero-order valence-corrected chi connectivity index (χ0v) is 16.4. The zero-order valence-electron chi connectivity index (χ0n) is 15.6. The normalized spacial score (nSPS) is 15.3. The molecule has 0 atom stereocenters. The van der Waals surface area contributed by atoms with Crippen LogP contribution in [0, 0.1) is 0 Å². The number of hydrogen-bond donors (Lipinski definition) is 0. The highest BCUT2D eigenvalue weighted by atomic mass is 32.2. The summed E-state index contributed by atoms with van der Waals surface area (Å²) in [5.74, 6) is 0.791. The van der Waals surface area contributed by atoms with Crippen LogP contribution in [0.15, 0.2) is 29.3 Å². The Bertz CT molecular complexity index is 761. The minimum absolute atomic E-state index is 0.791. The van der Waals surface area contributed by atoms with Gasteiger partial charge in [-0.3, -0.25) is 0 Å². The Kier molecular flexibility index (Phi) is 5.17. The van der Waals surface area contributed by atoms with Gasteiger partial charge in [-0.2, -0.15) is 0 Å².